The molecule has 0 spiro atoms. The molecule has 1 N–H and O–H groups in total. The van der Waals surface area contributed by atoms with E-state index in [9.17, 15) is 0 Å². The number of hydrogen-bond acceptors (Lipinski definition) is 4. The summed E-state index contributed by atoms with van der Waals surface area (Å²) in [6, 6.07) is 0.387. The first-order valence-electron chi connectivity index (χ1n) is 7.62. The Labute approximate surface area is 123 Å². The summed E-state index contributed by atoms with van der Waals surface area (Å²) >= 11 is 0. The van der Waals surface area contributed by atoms with Crippen LogP contribution in [0, 0.1) is 6.92 Å². The Kier molecular flexibility index (Phi) is 7.62. The van der Waals surface area contributed by atoms with Crippen LogP contribution in [0.5, 0.6) is 0 Å². The zero-order valence-electron chi connectivity index (χ0n) is 13.6. The van der Waals surface area contributed by atoms with E-state index in [0.717, 1.165) is 50.8 Å². The zero-order chi connectivity index (χ0) is 15.0. The van der Waals surface area contributed by atoms with Gasteiger partial charge in [-0.2, -0.15) is 0 Å². The van der Waals surface area contributed by atoms with Crippen molar-refractivity contribution >= 4 is 5.95 Å². The molecule has 0 aliphatic rings. The van der Waals surface area contributed by atoms with E-state index in [1.54, 1.807) is 7.11 Å². The highest BCUT2D eigenvalue weighted by Gasteiger charge is 2.11. The van der Waals surface area contributed by atoms with Crippen LogP contribution in [0.1, 0.15) is 32.9 Å². The van der Waals surface area contributed by atoms with Crippen LogP contribution >= 0.6 is 0 Å². The summed E-state index contributed by atoms with van der Waals surface area (Å²) in [6.07, 6.45) is 3.10. The molecule has 0 amide bonds. The number of aromatic nitrogens is 2. The molecule has 5 nitrogen and oxygen atoms in total. The van der Waals surface area contributed by atoms with E-state index in [1.807, 2.05) is 6.92 Å². The maximum atomic E-state index is 5.11. The molecular formula is C15H30N4O. The lowest BCUT2D eigenvalue weighted by Crippen LogP contribution is -2.35. The second-order valence-corrected chi connectivity index (χ2v) is 5.28. The van der Waals surface area contributed by atoms with Gasteiger partial charge in [0.1, 0.15) is 0 Å². The molecule has 1 aromatic heterocycles. The van der Waals surface area contributed by atoms with Crippen LogP contribution in [-0.4, -0.2) is 53.8 Å². The second kappa shape index (κ2) is 8.97. The molecule has 1 unspecified atom stereocenters. The minimum absolute atomic E-state index is 0.387. The first kappa shape index (κ1) is 17.0. The standard InChI is InChI=1S/C15H30N4O/c1-6-18(7-2)11-13(3)16-15-17-14(4)12-19(15)9-8-10-20-5/h12-13H,6-11H2,1-5H3,(H,16,17). The summed E-state index contributed by atoms with van der Waals surface area (Å²) in [5.74, 6) is 0.971. The van der Waals surface area contributed by atoms with Crippen molar-refractivity contribution in [1.29, 1.82) is 0 Å². The maximum Gasteiger partial charge on any atom is 0.203 e. The molecule has 1 atom stereocenters. The van der Waals surface area contributed by atoms with Gasteiger partial charge in [0.25, 0.3) is 0 Å². The van der Waals surface area contributed by atoms with Crippen LogP contribution in [0.25, 0.3) is 0 Å². The lowest BCUT2D eigenvalue weighted by atomic mass is 10.3. The molecule has 0 saturated heterocycles. The molecule has 0 fully saturated rings. The van der Waals surface area contributed by atoms with E-state index in [4.69, 9.17) is 4.74 Å². The van der Waals surface area contributed by atoms with Crippen molar-refractivity contribution in [2.75, 3.05) is 38.7 Å². The molecule has 1 aromatic rings. The molecular weight excluding hydrogens is 252 g/mol. The van der Waals surface area contributed by atoms with Crippen LogP contribution in [0.4, 0.5) is 5.95 Å². The zero-order valence-corrected chi connectivity index (χ0v) is 13.6. The number of hydrogen-bond donors (Lipinski definition) is 1. The molecule has 20 heavy (non-hydrogen) atoms. The third kappa shape index (κ3) is 5.51. The van der Waals surface area contributed by atoms with Crippen molar-refractivity contribution in [2.24, 2.45) is 0 Å². The van der Waals surface area contributed by atoms with Gasteiger partial charge in [-0.05, 0) is 33.4 Å². The average molecular weight is 282 g/mol. The monoisotopic (exact) mass is 282 g/mol. The molecule has 0 aromatic carbocycles. The van der Waals surface area contributed by atoms with E-state index < -0.39 is 0 Å². The lowest BCUT2D eigenvalue weighted by Gasteiger charge is -2.24. The summed E-state index contributed by atoms with van der Waals surface area (Å²) in [5.41, 5.74) is 1.06. The van der Waals surface area contributed by atoms with Gasteiger partial charge in [0, 0.05) is 39.0 Å². The fraction of sp³-hybridized carbons (Fsp3) is 0.800. The van der Waals surface area contributed by atoms with Crippen molar-refractivity contribution in [2.45, 2.75) is 46.7 Å². The lowest BCUT2D eigenvalue weighted by molar-refractivity contribution is 0.190. The van der Waals surface area contributed by atoms with Gasteiger partial charge in [-0.25, -0.2) is 4.98 Å². The summed E-state index contributed by atoms with van der Waals surface area (Å²) < 4.78 is 7.30. The number of likely N-dealkylation sites (N-methyl/N-ethyl adjacent to an activating group) is 1. The predicted molar refractivity (Wildman–Crippen MR) is 84.3 cm³/mol. The molecule has 0 aliphatic heterocycles. The van der Waals surface area contributed by atoms with Crippen molar-refractivity contribution in [3.05, 3.63) is 11.9 Å². The Morgan fingerprint density at radius 1 is 1.40 bits per heavy atom. The van der Waals surface area contributed by atoms with Crippen molar-refractivity contribution in [3.8, 4) is 0 Å². The Morgan fingerprint density at radius 2 is 2.10 bits per heavy atom. The smallest absolute Gasteiger partial charge is 0.203 e. The molecule has 5 heteroatoms. The van der Waals surface area contributed by atoms with E-state index >= 15 is 0 Å². The fourth-order valence-corrected chi connectivity index (χ4v) is 2.35. The summed E-state index contributed by atoms with van der Waals surface area (Å²) in [6.45, 7) is 13.6. The highest BCUT2D eigenvalue weighted by Crippen LogP contribution is 2.11. The number of nitrogens with zero attached hydrogens (tertiary/aromatic N) is 3. The normalized spacial score (nSPS) is 12.9. The van der Waals surface area contributed by atoms with E-state index in [2.05, 4.69) is 46.7 Å². The second-order valence-electron chi connectivity index (χ2n) is 5.28. The third-order valence-corrected chi connectivity index (χ3v) is 3.45. The highest BCUT2D eigenvalue weighted by molar-refractivity contribution is 5.30. The third-order valence-electron chi connectivity index (χ3n) is 3.45. The Morgan fingerprint density at radius 3 is 2.70 bits per heavy atom. The number of rotatable bonds is 10. The van der Waals surface area contributed by atoms with Gasteiger partial charge in [0.2, 0.25) is 5.95 Å². The minimum Gasteiger partial charge on any atom is -0.385 e. The molecule has 1 heterocycles. The number of nitrogens with one attached hydrogen (secondary N) is 1. The number of aryl methyl sites for hydroxylation is 2. The Balaban J connectivity index is 2.57. The SMILES string of the molecule is CCN(CC)CC(C)Nc1nc(C)cn1CCCOC. The Hall–Kier alpha value is -1.07. The van der Waals surface area contributed by atoms with Gasteiger partial charge >= 0.3 is 0 Å². The van der Waals surface area contributed by atoms with E-state index in [0.29, 0.717) is 6.04 Å². The van der Waals surface area contributed by atoms with Crippen LogP contribution in [-0.2, 0) is 11.3 Å². The predicted octanol–water partition coefficient (Wildman–Crippen LogP) is 2.37. The number of imidazole rings is 1. The molecule has 0 radical (unpaired) electrons. The summed E-state index contributed by atoms with van der Waals surface area (Å²) in [4.78, 5) is 7.00. The maximum absolute atomic E-state index is 5.11. The average Bonchev–Trinajstić information content (AvgIpc) is 2.76. The summed E-state index contributed by atoms with van der Waals surface area (Å²) in [7, 11) is 1.74. The van der Waals surface area contributed by atoms with Gasteiger partial charge in [-0.1, -0.05) is 13.8 Å². The molecule has 0 saturated carbocycles. The van der Waals surface area contributed by atoms with Crippen molar-refractivity contribution in [1.82, 2.24) is 14.5 Å². The van der Waals surface area contributed by atoms with Gasteiger partial charge < -0.3 is 19.5 Å². The first-order valence-corrected chi connectivity index (χ1v) is 7.62. The molecule has 116 valence electrons. The van der Waals surface area contributed by atoms with Gasteiger partial charge in [0.05, 0.1) is 5.69 Å². The van der Waals surface area contributed by atoms with Gasteiger partial charge in [-0.15, -0.1) is 0 Å². The van der Waals surface area contributed by atoms with E-state index in [1.165, 1.54) is 0 Å². The van der Waals surface area contributed by atoms with Crippen LogP contribution in [0.2, 0.25) is 0 Å². The van der Waals surface area contributed by atoms with Crippen LogP contribution < -0.4 is 5.32 Å². The van der Waals surface area contributed by atoms with Crippen LogP contribution in [0.3, 0.4) is 0 Å². The largest absolute Gasteiger partial charge is 0.385 e. The highest BCUT2D eigenvalue weighted by atomic mass is 16.5. The fourth-order valence-electron chi connectivity index (χ4n) is 2.35. The summed E-state index contributed by atoms with van der Waals surface area (Å²) in [5, 5.41) is 3.53. The van der Waals surface area contributed by atoms with Gasteiger partial charge in [0.15, 0.2) is 0 Å². The quantitative estimate of drug-likeness (QED) is 0.669. The molecule has 0 aliphatic carbocycles. The Bertz CT molecular complexity index is 374. The molecule has 0 bridgehead atoms. The van der Waals surface area contributed by atoms with Crippen molar-refractivity contribution < 1.29 is 4.74 Å². The van der Waals surface area contributed by atoms with E-state index in [-0.39, 0.29) is 0 Å². The number of anilines is 1. The number of ether oxygens (including phenoxy) is 1. The van der Waals surface area contributed by atoms with Gasteiger partial charge in [-0.3, -0.25) is 0 Å². The van der Waals surface area contributed by atoms with Crippen molar-refractivity contribution in [3.63, 3.8) is 0 Å². The minimum atomic E-state index is 0.387. The topological polar surface area (TPSA) is 42.3 Å². The van der Waals surface area contributed by atoms with Crippen LogP contribution in [0.15, 0.2) is 6.20 Å². The number of methoxy groups -OCH3 is 1. The first-order chi connectivity index (χ1) is 9.60. The molecule has 1 rings (SSSR count).